The fourth-order valence-corrected chi connectivity index (χ4v) is 4.89. The highest BCUT2D eigenvalue weighted by Crippen LogP contribution is 2.26. The van der Waals surface area contributed by atoms with Gasteiger partial charge in [-0.1, -0.05) is 6.07 Å². The van der Waals surface area contributed by atoms with Crippen LogP contribution in [0.1, 0.15) is 34.3 Å². The Labute approximate surface area is 207 Å². The number of carbonyl (C=O) groups excluding carboxylic acids is 1. The molecule has 0 aromatic carbocycles. The third-order valence-corrected chi connectivity index (χ3v) is 6.79. The second-order valence-corrected chi connectivity index (χ2v) is 9.34. The predicted octanol–water partition coefficient (Wildman–Crippen LogP) is 2.07. The van der Waals surface area contributed by atoms with E-state index >= 15 is 0 Å². The first-order chi connectivity index (χ1) is 17.0. The van der Waals surface area contributed by atoms with Gasteiger partial charge in [0.05, 0.1) is 24.1 Å². The van der Waals surface area contributed by atoms with E-state index in [1.165, 1.54) is 6.07 Å². The number of pyridine rings is 2. The number of hydrogen-bond acceptors (Lipinski definition) is 10. The summed E-state index contributed by atoms with van der Waals surface area (Å²) >= 11 is 1.60. The van der Waals surface area contributed by atoms with Gasteiger partial charge in [0.25, 0.3) is 5.91 Å². The third-order valence-electron chi connectivity index (χ3n) is 5.79. The van der Waals surface area contributed by atoms with Crippen molar-refractivity contribution in [3.63, 3.8) is 0 Å². The molecule has 0 spiro atoms. The second-order valence-electron chi connectivity index (χ2n) is 8.23. The van der Waals surface area contributed by atoms with Gasteiger partial charge in [0.15, 0.2) is 0 Å². The molecule has 0 radical (unpaired) electrons. The standard InChI is InChI=1S/C24H27N7O3S/c1-2-34-23-17(10-25)18(26)9-20(30-23)22(33)28-11-15-6-8-31(14-21(15)32)13-16-12-29-24(35-16)19-5-3-4-7-27-19/h3-5,7,9,12,15,21,32H,2,6,8,11,13-14H2,1H3,(H2,26,30)(H,28,33). The van der Waals surface area contributed by atoms with Crippen molar-refractivity contribution in [3.05, 3.63) is 52.8 Å². The molecule has 1 fully saturated rings. The molecule has 182 valence electrons. The van der Waals surface area contributed by atoms with Gasteiger partial charge in [-0.05, 0) is 38.1 Å². The van der Waals surface area contributed by atoms with E-state index < -0.39 is 12.0 Å². The number of nitrogens with two attached hydrogens (primary N) is 1. The number of likely N-dealkylation sites (tertiary alicyclic amines) is 1. The number of anilines is 1. The average molecular weight is 494 g/mol. The van der Waals surface area contributed by atoms with Crippen molar-refractivity contribution in [1.29, 1.82) is 5.26 Å². The molecule has 3 aromatic rings. The fraction of sp³-hybridized carbons (Fsp3) is 0.375. The van der Waals surface area contributed by atoms with E-state index in [1.807, 2.05) is 30.5 Å². The Bertz CT molecular complexity index is 1210. The number of thiazole rings is 1. The molecule has 2 atom stereocenters. The summed E-state index contributed by atoms with van der Waals surface area (Å²) in [5.74, 6) is -0.464. The highest BCUT2D eigenvalue weighted by atomic mass is 32.1. The largest absolute Gasteiger partial charge is 0.477 e. The SMILES string of the molecule is CCOc1nc(C(=O)NCC2CCN(Cc3cnc(-c4ccccn4)s3)CC2O)cc(N)c1C#N. The van der Waals surface area contributed by atoms with Crippen LogP contribution < -0.4 is 15.8 Å². The Morgan fingerprint density at radius 3 is 3.00 bits per heavy atom. The van der Waals surface area contributed by atoms with E-state index in [1.54, 1.807) is 24.5 Å². The first kappa shape index (κ1) is 24.5. The minimum Gasteiger partial charge on any atom is -0.477 e. The van der Waals surface area contributed by atoms with Gasteiger partial charge in [-0.15, -0.1) is 11.3 Å². The highest BCUT2D eigenvalue weighted by molar-refractivity contribution is 7.14. The molecule has 1 saturated heterocycles. The molecular formula is C24H27N7O3S. The monoisotopic (exact) mass is 493 g/mol. The van der Waals surface area contributed by atoms with Gasteiger partial charge in [0.2, 0.25) is 5.88 Å². The van der Waals surface area contributed by atoms with Crippen molar-refractivity contribution in [2.45, 2.75) is 26.0 Å². The molecule has 4 N–H and O–H groups in total. The first-order valence-electron chi connectivity index (χ1n) is 11.4. The number of nitrogen functional groups attached to an aromatic ring is 1. The highest BCUT2D eigenvalue weighted by Gasteiger charge is 2.29. The number of carbonyl (C=O) groups is 1. The van der Waals surface area contributed by atoms with E-state index in [-0.39, 0.29) is 28.7 Å². The molecule has 2 unspecified atom stereocenters. The summed E-state index contributed by atoms with van der Waals surface area (Å²) in [4.78, 5) is 28.9. The normalized spacial score (nSPS) is 18.1. The average Bonchev–Trinajstić information content (AvgIpc) is 3.32. The lowest BCUT2D eigenvalue weighted by atomic mass is 9.93. The summed E-state index contributed by atoms with van der Waals surface area (Å²) in [5, 5.41) is 23.7. The number of hydrogen-bond donors (Lipinski definition) is 3. The molecule has 0 bridgehead atoms. The number of piperidine rings is 1. The molecular weight excluding hydrogens is 466 g/mol. The van der Waals surface area contributed by atoms with Gasteiger partial charge in [-0.3, -0.25) is 14.7 Å². The summed E-state index contributed by atoms with van der Waals surface area (Å²) < 4.78 is 5.35. The van der Waals surface area contributed by atoms with Gasteiger partial charge in [-0.2, -0.15) is 5.26 Å². The van der Waals surface area contributed by atoms with E-state index in [0.717, 1.165) is 28.5 Å². The van der Waals surface area contributed by atoms with Gasteiger partial charge in [-0.25, -0.2) is 9.97 Å². The number of aliphatic hydroxyl groups excluding tert-OH is 1. The quantitative estimate of drug-likeness (QED) is 0.428. The van der Waals surface area contributed by atoms with Crippen molar-refractivity contribution < 1.29 is 14.6 Å². The van der Waals surface area contributed by atoms with Crippen molar-refractivity contribution in [3.8, 4) is 22.7 Å². The van der Waals surface area contributed by atoms with Crippen LogP contribution in [-0.4, -0.2) is 63.2 Å². The Hall–Kier alpha value is -3.59. The minimum absolute atomic E-state index is 0.0442. The van der Waals surface area contributed by atoms with E-state index in [0.29, 0.717) is 26.2 Å². The fourth-order valence-electron chi connectivity index (χ4n) is 3.96. The molecule has 1 aliphatic rings. The molecule has 1 amide bonds. The van der Waals surface area contributed by atoms with E-state index in [4.69, 9.17) is 10.5 Å². The zero-order chi connectivity index (χ0) is 24.8. The Morgan fingerprint density at radius 1 is 1.43 bits per heavy atom. The number of β-amino-alcohol motifs (C(OH)–C–C–N with tert-alkyl or cyclic N) is 1. The van der Waals surface area contributed by atoms with Crippen LogP contribution in [0.3, 0.4) is 0 Å². The van der Waals surface area contributed by atoms with E-state index in [9.17, 15) is 15.2 Å². The van der Waals surface area contributed by atoms with Crippen molar-refractivity contribution in [1.82, 2.24) is 25.2 Å². The van der Waals surface area contributed by atoms with Crippen molar-refractivity contribution in [2.75, 3.05) is 32.0 Å². The van der Waals surface area contributed by atoms with Crippen LogP contribution in [0.2, 0.25) is 0 Å². The lowest BCUT2D eigenvalue weighted by Crippen LogP contribution is -2.47. The zero-order valence-electron chi connectivity index (χ0n) is 19.3. The molecule has 4 rings (SSSR count). The number of nitrogens with zero attached hydrogens (tertiary/aromatic N) is 5. The zero-order valence-corrected chi connectivity index (χ0v) is 20.2. The Balaban J connectivity index is 1.30. The molecule has 1 aliphatic heterocycles. The number of rotatable bonds is 8. The van der Waals surface area contributed by atoms with Crippen LogP contribution in [0.15, 0.2) is 36.7 Å². The van der Waals surface area contributed by atoms with Crippen LogP contribution in [0.5, 0.6) is 5.88 Å². The summed E-state index contributed by atoms with van der Waals surface area (Å²) in [6, 6.07) is 9.06. The Morgan fingerprint density at radius 2 is 2.29 bits per heavy atom. The number of amides is 1. The summed E-state index contributed by atoms with van der Waals surface area (Å²) in [6.45, 7) is 4.37. The van der Waals surface area contributed by atoms with Crippen LogP contribution in [0.25, 0.3) is 10.7 Å². The molecule has 0 aliphatic carbocycles. The summed E-state index contributed by atoms with van der Waals surface area (Å²) in [7, 11) is 0. The lowest BCUT2D eigenvalue weighted by molar-refractivity contribution is 0.0193. The molecule has 11 heteroatoms. The Kier molecular flexibility index (Phi) is 7.87. The smallest absolute Gasteiger partial charge is 0.270 e. The second kappa shape index (κ2) is 11.2. The maximum Gasteiger partial charge on any atom is 0.270 e. The predicted molar refractivity (Wildman–Crippen MR) is 132 cm³/mol. The van der Waals surface area contributed by atoms with Gasteiger partial charge < -0.3 is 20.9 Å². The summed E-state index contributed by atoms with van der Waals surface area (Å²) in [6.07, 6.45) is 3.77. The van der Waals surface area contributed by atoms with Gasteiger partial charge >= 0.3 is 0 Å². The molecule has 3 aromatic heterocycles. The van der Waals surface area contributed by atoms with Crippen LogP contribution >= 0.6 is 11.3 Å². The molecule has 4 heterocycles. The number of nitrogens with one attached hydrogen (secondary N) is 1. The van der Waals surface area contributed by atoms with Gasteiger partial charge in [0, 0.05) is 42.8 Å². The molecule has 10 nitrogen and oxygen atoms in total. The van der Waals surface area contributed by atoms with Crippen LogP contribution in [0, 0.1) is 17.2 Å². The number of aliphatic hydroxyl groups is 1. The maximum atomic E-state index is 12.7. The maximum absolute atomic E-state index is 12.7. The van der Waals surface area contributed by atoms with Crippen molar-refractivity contribution >= 4 is 22.9 Å². The van der Waals surface area contributed by atoms with Crippen molar-refractivity contribution in [2.24, 2.45) is 5.92 Å². The molecule has 35 heavy (non-hydrogen) atoms. The van der Waals surface area contributed by atoms with Crippen LogP contribution in [-0.2, 0) is 6.54 Å². The van der Waals surface area contributed by atoms with E-state index in [2.05, 4.69) is 25.2 Å². The number of ether oxygens (including phenoxy) is 1. The van der Waals surface area contributed by atoms with Crippen LogP contribution in [0.4, 0.5) is 5.69 Å². The minimum atomic E-state index is -0.579. The third kappa shape index (κ3) is 5.92. The number of nitriles is 1. The van der Waals surface area contributed by atoms with Gasteiger partial charge in [0.1, 0.15) is 22.3 Å². The number of aromatic nitrogens is 3. The molecule has 0 saturated carbocycles. The summed E-state index contributed by atoms with van der Waals surface area (Å²) in [5.41, 5.74) is 7.07. The lowest BCUT2D eigenvalue weighted by Gasteiger charge is -2.35. The topological polar surface area (TPSA) is 150 Å². The first-order valence-corrected chi connectivity index (χ1v) is 12.2.